The monoisotopic (exact) mass is 329 g/mol. The van der Waals surface area contributed by atoms with Gasteiger partial charge in [-0.15, -0.1) is 0 Å². The molecule has 3 rings (SSSR count). The number of anilines is 1. The molecule has 2 N–H and O–H groups in total. The zero-order chi connectivity index (χ0) is 16.8. The maximum absolute atomic E-state index is 5.89. The van der Waals surface area contributed by atoms with E-state index in [0.29, 0.717) is 11.8 Å². The molecule has 1 atom stereocenters. The van der Waals surface area contributed by atoms with Crippen LogP contribution < -0.4 is 10.5 Å². The van der Waals surface area contributed by atoms with Gasteiger partial charge in [0.2, 0.25) is 0 Å². The Morgan fingerprint density at radius 3 is 2.88 bits per heavy atom. The van der Waals surface area contributed by atoms with Gasteiger partial charge in [-0.25, -0.2) is 15.0 Å². The fraction of sp³-hybridized carbons (Fsp3) is 0.471. The van der Waals surface area contributed by atoms with Gasteiger partial charge >= 0.3 is 6.01 Å². The number of nitrogens with zero attached hydrogens (tertiary/aromatic N) is 4. The third-order valence-electron chi connectivity index (χ3n) is 4.09. The number of nitrogens with two attached hydrogens (primary N) is 1. The standard InChI is InChI=1S/C17H23N5O2/c1-23-17-20-9-14(10-21-17)11-22-6-7-24-15(12-22)3-2-13-4-5-19-16(18)8-13/h4-5,8-10,15H,2-3,6-7,11-12H2,1H3,(H2,18,19)/t15-/m1/s1. The molecule has 0 amide bonds. The minimum atomic E-state index is 0.229. The quantitative estimate of drug-likeness (QED) is 0.854. The highest BCUT2D eigenvalue weighted by molar-refractivity contribution is 5.31. The first kappa shape index (κ1) is 16.6. The molecule has 0 aliphatic carbocycles. The number of hydrogen-bond acceptors (Lipinski definition) is 7. The molecule has 1 saturated heterocycles. The van der Waals surface area contributed by atoms with Gasteiger partial charge in [-0.05, 0) is 30.5 Å². The molecule has 7 heteroatoms. The molecule has 0 radical (unpaired) electrons. The van der Waals surface area contributed by atoms with Crippen molar-refractivity contribution in [3.05, 3.63) is 41.9 Å². The molecule has 0 saturated carbocycles. The molecule has 7 nitrogen and oxygen atoms in total. The van der Waals surface area contributed by atoms with Crippen molar-refractivity contribution in [1.82, 2.24) is 19.9 Å². The minimum absolute atomic E-state index is 0.229. The van der Waals surface area contributed by atoms with Crippen LogP contribution >= 0.6 is 0 Å². The fourth-order valence-electron chi connectivity index (χ4n) is 2.86. The van der Waals surface area contributed by atoms with Crippen LogP contribution in [0.15, 0.2) is 30.7 Å². The lowest BCUT2D eigenvalue weighted by atomic mass is 10.1. The summed E-state index contributed by atoms with van der Waals surface area (Å²) in [5.41, 5.74) is 8.01. The topological polar surface area (TPSA) is 86.4 Å². The van der Waals surface area contributed by atoms with Crippen molar-refractivity contribution in [2.24, 2.45) is 0 Å². The summed E-state index contributed by atoms with van der Waals surface area (Å²) in [5.74, 6) is 0.568. The Kier molecular flexibility index (Phi) is 5.55. The van der Waals surface area contributed by atoms with Crippen molar-refractivity contribution in [2.45, 2.75) is 25.5 Å². The van der Waals surface area contributed by atoms with Gasteiger partial charge in [0.15, 0.2) is 0 Å². The first-order valence-electron chi connectivity index (χ1n) is 8.12. The van der Waals surface area contributed by atoms with Crippen molar-refractivity contribution >= 4 is 5.82 Å². The molecular weight excluding hydrogens is 306 g/mol. The molecule has 0 bridgehead atoms. The predicted octanol–water partition coefficient (Wildman–Crippen LogP) is 1.30. The molecule has 1 fully saturated rings. The average molecular weight is 329 g/mol. The highest BCUT2D eigenvalue weighted by Gasteiger charge is 2.20. The number of rotatable bonds is 6. The Morgan fingerprint density at radius 1 is 1.29 bits per heavy atom. The molecule has 128 valence electrons. The second-order valence-electron chi connectivity index (χ2n) is 5.93. The van der Waals surface area contributed by atoms with Gasteiger partial charge in [0.1, 0.15) is 5.82 Å². The Morgan fingerprint density at radius 2 is 2.12 bits per heavy atom. The number of aryl methyl sites for hydroxylation is 1. The Balaban J connectivity index is 1.50. The number of aromatic nitrogens is 3. The first-order valence-corrected chi connectivity index (χ1v) is 8.12. The summed E-state index contributed by atoms with van der Waals surface area (Å²) < 4.78 is 10.9. The second kappa shape index (κ2) is 8.03. The number of ether oxygens (including phenoxy) is 2. The minimum Gasteiger partial charge on any atom is -0.467 e. The third-order valence-corrected chi connectivity index (χ3v) is 4.09. The number of morpholine rings is 1. The third kappa shape index (κ3) is 4.62. The van der Waals surface area contributed by atoms with Crippen molar-refractivity contribution in [2.75, 3.05) is 32.5 Å². The van der Waals surface area contributed by atoms with Crippen LogP contribution in [0.1, 0.15) is 17.5 Å². The van der Waals surface area contributed by atoms with Crippen LogP contribution in [0.4, 0.5) is 5.82 Å². The molecule has 0 aromatic carbocycles. The number of hydrogen-bond donors (Lipinski definition) is 1. The predicted molar refractivity (Wildman–Crippen MR) is 90.6 cm³/mol. The Labute approximate surface area is 141 Å². The van der Waals surface area contributed by atoms with Gasteiger partial charge in [0.05, 0.1) is 19.8 Å². The summed E-state index contributed by atoms with van der Waals surface area (Å²) in [6.07, 6.45) is 7.53. The zero-order valence-electron chi connectivity index (χ0n) is 13.9. The summed E-state index contributed by atoms with van der Waals surface area (Å²) in [5, 5.41) is 0. The van der Waals surface area contributed by atoms with Gasteiger partial charge in [0, 0.05) is 43.8 Å². The lowest BCUT2D eigenvalue weighted by molar-refractivity contribution is -0.0346. The summed E-state index contributed by atoms with van der Waals surface area (Å²) in [4.78, 5) is 14.7. The molecule has 0 spiro atoms. The average Bonchev–Trinajstić information content (AvgIpc) is 2.61. The molecule has 0 unspecified atom stereocenters. The fourth-order valence-corrected chi connectivity index (χ4v) is 2.86. The van der Waals surface area contributed by atoms with E-state index in [1.807, 2.05) is 24.5 Å². The van der Waals surface area contributed by atoms with E-state index in [1.54, 1.807) is 13.3 Å². The molecule has 2 aromatic rings. The number of pyridine rings is 1. The Bertz CT molecular complexity index is 650. The van der Waals surface area contributed by atoms with Crippen LogP contribution in [-0.4, -0.2) is 52.8 Å². The highest BCUT2D eigenvalue weighted by atomic mass is 16.5. The van der Waals surface area contributed by atoms with Crippen LogP contribution in [0.3, 0.4) is 0 Å². The van der Waals surface area contributed by atoms with Crippen LogP contribution in [0.5, 0.6) is 6.01 Å². The van der Waals surface area contributed by atoms with Crippen LogP contribution in [0.2, 0.25) is 0 Å². The van der Waals surface area contributed by atoms with E-state index in [1.165, 1.54) is 5.56 Å². The summed E-state index contributed by atoms with van der Waals surface area (Å²) in [6.45, 7) is 3.41. The smallest absolute Gasteiger partial charge is 0.316 e. The molecule has 1 aliphatic rings. The summed E-state index contributed by atoms with van der Waals surface area (Å²) in [6, 6.07) is 4.33. The van der Waals surface area contributed by atoms with E-state index in [9.17, 15) is 0 Å². The van der Waals surface area contributed by atoms with Crippen LogP contribution in [0, 0.1) is 0 Å². The van der Waals surface area contributed by atoms with Gasteiger partial charge < -0.3 is 15.2 Å². The van der Waals surface area contributed by atoms with E-state index in [-0.39, 0.29) is 6.10 Å². The molecular formula is C17H23N5O2. The normalized spacial score (nSPS) is 18.5. The van der Waals surface area contributed by atoms with E-state index < -0.39 is 0 Å². The number of nitrogen functional groups attached to an aromatic ring is 1. The van der Waals surface area contributed by atoms with E-state index in [2.05, 4.69) is 19.9 Å². The highest BCUT2D eigenvalue weighted by Crippen LogP contribution is 2.15. The van der Waals surface area contributed by atoms with Crippen LogP contribution in [-0.2, 0) is 17.7 Å². The molecule has 1 aliphatic heterocycles. The Hall–Kier alpha value is -2.25. The van der Waals surface area contributed by atoms with E-state index in [4.69, 9.17) is 15.2 Å². The van der Waals surface area contributed by atoms with Gasteiger partial charge in [-0.1, -0.05) is 0 Å². The molecule has 3 heterocycles. The van der Waals surface area contributed by atoms with Crippen molar-refractivity contribution < 1.29 is 9.47 Å². The lowest BCUT2D eigenvalue weighted by Crippen LogP contribution is -2.42. The maximum atomic E-state index is 5.89. The van der Waals surface area contributed by atoms with Crippen molar-refractivity contribution in [3.8, 4) is 6.01 Å². The maximum Gasteiger partial charge on any atom is 0.316 e. The van der Waals surface area contributed by atoms with Gasteiger partial charge in [-0.3, -0.25) is 4.90 Å². The molecule has 2 aromatic heterocycles. The van der Waals surface area contributed by atoms with Crippen molar-refractivity contribution in [3.63, 3.8) is 0 Å². The summed E-state index contributed by atoms with van der Waals surface area (Å²) in [7, 11) is 1.57. The zero-order valence-corrected chi connectivity index (χ0v) is 13.9. The van der Waals surface area contributed by atoms with Crippen LogP contribution in [0.25, 0.3) is 0 Å². The SMILES string of the molecule is COc1ncc(CN2CCO[C@H](CCc3ccnc(N)c3)C2)cn1. The molecule has 24 heavy (non-hydrogen) atoms. The largest absolute Gasteiger partial charge is 0.467 e. The van der Waals surface area contributed by atoms with E-state index in [0.717, 1.165) is 44.6 Å². The van der Waals surface area contributed by atoms with E-state index >= 15 is 0 Å². The number of methoxy groups -OCH3 is 1. The van der Waals surface area contributed by atoms with Crippen molar-refractivity contribution in [1.29, 1.82) is 0 Å². The second-order valence-corrected chi connectivity index (χ2v) is 5.93. The van der Waals surface area contributed by atoms with Gasteiger partial charge in [-0.2, -0.15) is 0 Å². The first-order chi connectivity index (χ1) is 11.7. The lowest BCUT2D eigenvalue weighted by Gasteiger charge is -2.33. The van der Waals surface area contributed by atoms with Gasteiger partial charge in [0.25, 0.3) is 0 Å². The summed E-state index contributed by atoms with van der Waals surface area (Å²) >= 11 is 0.